The molecule has 0 saturated carbocycles. The molecular formula is C17H25N3O3. The van der Waals surface area contributed by atoms with Gasteiger partial charge < -0.3 is 25.5 Å². The van der Waals surface area contributed by atoms with E-state index in [2.05, 4.69) is 16.0 Å². The smallest absolute Gasteiger partial charge is 0.320 e. The average Bonchev–Trinajstić information content (AvgIpc) is 3.00. The van der Waals surface area contributed by atoms with Gasteiger partial charge in [0.05, 0.1) is 13.2 Å². The van der Waals surface area contributed by atoms with Gasteiger partial charge in [-0.3, -0.25) is 4.79 Å². The van der Waals surface area contributed by atoms with E-state index >= 15 is 0 Å². The third-order valence-corrected chi connectivity index (χ3v) is 3.87. The van der Waals surface area contributed by atoms with E-state index in [0.29, 0.717) is 19.6 Å². The van der Waals surface area contributed by atoms with Crippen molar-refractivity contribution in [2.75, 3.05) is 31.2 Å². The molecule has 1 fully saturated rings. The van der Waals surface area contributed by atoms with Crippen LogP contribution in [0.3, 0.4) is 0 Å². The lowest BCUT2D eigenvalue weighted by Crippen LogP contribution is -2.36. The minimum absolute atomic E-state index is 0.316. The van der Waals surface area contributed by atoms with Gasteiger partial charge in [-0.2, -0.15) is 0 Å². The molecule has 6 heteroatoms. The zero-order valence-corrected chi connectivity index (χ0v) is 13.7. The van der Waals surface area contributed by atoms with Gasteiger partial charge in [-0.05, 0) is 17.7 Å². The predicted molar refractivity (Wildman–Crippen MR) is 92.0 cm³/mol. The minimum atomic E-state index is -0.979. The zero-order chi connectivity index (χ0) is 16.8. The van der Waals surface area contributed by atoms with Crippen LogP contribution in [0.15, 0.2) is 24.4 Å². The van der Waals surface area contributed by atoms with E-state index in [0.717, 1.165) is 35.2 Å². The number of aliphatic carboxylic acids is 1. The summed E-state index contributed by atoms with van der Waals surface area (Å²) >= 11 is 0. The number of rotatable bonds is 4. The van der Waals surface area contributed by atoms with Crippen LogP contribution in [0.2, 0.25) is 0 Å². The number of nitrogens with one attached hydrogen (secondary N) is 1. The van der Waals surface area contributed by atoms with Gasteiger partial charge >= 0.3 is 5.97 Å². The Kier molecular flexibility index (Phi) is 6.01. The molecule has 1 aliphatic heterocycles. The normalized spacial score (nSPS) is 15.9. The Hall–Kier alpha value is -2.05. The highest BCUT2D eigenvalue weighted by molar-refractivity contribution is 5.96. The molecule has 6 nitrogen and oxygen atoms in total. The third kappa shape index (κ3) is 3.83. The fourth-order valence-electron chi connectivity index (χ4n) is 2.79. The van der Waals surface area contributed by atoms with E-state index in [4.69, 9.17) is 15.6 Å². The van der Waals surface area contributed by atoms with E-state index in [-0.39, 0.29) is 0 Å². The first kappa shape index (κ1) is 17.3. The summed E-state index contributed by atoms with van der Waals surface area (Å²) in [7, 11) is 0. The maximum absolute atomic E-state index is 11.0. The van der Waals surface area contributed by atoms with E-state index in [1.165, 1.54) is 0 Å². The van der Waals surface area contributed by atoms with Crippen LogP contribution in [0, 0.1) is 0 Å². The number of anilines is 1. The van der Waals surface area contributed by atoms with Crippen LogP contribution in [0.4, 0.5) is 5.69 Å². The van der Waals surface area contributed by atoms with Crippen molar-refractivity contribution in [1.82, 2.24) is 4.98 Å². The molecule has 1 unspecified atom stereocenters. The molecule has 1 saturated heterocycles. The van der Waals surface area contributed by atoms with Gasteiger partial charge in [-0.25, -0.2) is 0 Å². The molecule has 2 aromatic rings. The molecule has 0 spiro atoms. The number of carboxylic acids is 1. The van der Waals surface area contributed by atoms with Crippen LogP contribution >= 0.6 is 0 Å². The van der Waals surface area contributed by atoms with Crippen LogP contribution in [-0.2, 0) is 16.0 Å². The number of ether oxygens (including phenoxy) is 1. The SMILES string of the molecule is CC.NC(Cc1c[nH]c2cccc(N3CCOCC3)c12)C(=O)O. The van der Waals surface area contributed by atoms with Crippen LogP contribution in [-0.4, -0.2) is 48.4 Å². The van der Waals surface area contributed by atoms with Gasteiger partial charge in [0.25, 0.3) is 0 Å². The van der Waals surface area contributed by atoms with Crippen molar-refractivity contribution in [1.29, 1.82) is 0 Å². The molecule has 1 atom stereocenters. The fourth-order valence-corrected chi connectivity index (χ4v) is 2.79. The van der Waals surface area contributed by atoms with Gasteiger partial charge in [0, 0.05) is 42.3 Å². The number of aromatic nitrogens is 1. The summed E-state index contributed by atoms with van der Waals surface area (Å²) < 4.78 is 5.39. The molecule has 23 heavy (non-hydrogen) atoms. The van der Waals surface area contributed by atoms with Crippen molar-refractivity contribution in [2.45, 2.75) is 26.3 Å². The van der Waals surface area contributed by atoms with Gasteiger partial charge in [-0.15, -0.1) is 0 Å². The van der Waals surface area contributed by atoms with Crippen molar-refractivity contribution in [3.63, 3.8) is 0 Å². The Morgan fingerprint density at radius 2 is 2.09 bits per heavy atom. The molecule has 0 bridgehead atoms. The zero-order valence-electron chi connectivity index (χ0n) is 13.7. The van der Waals surface area contributed by atoms with Crippen molar-refractivity contribution < 1.29 is 14.6 Å². The second-order valence-corrected chi connectivity index (χ2v) is 5.26. The molecule has 126 valence electrons. The van der Waals surface area contributed by atoms with Gasteiger partial charge in [-0.1, -0.05) is 19.9 Å². The van der Waals surface area contributed by atoms with Gasteiger partial charge in [0.2, 0.25) is 0 Å². The number of benzene rings is 1. The Balaban J connectivity index is 0.000000924. The maximum atomic E-state index is 11.0. The van der Waals surface area contributed by atoms with Crippen molar-refractivity contribution in [2.24, 2.45) is 5.73 Å². The Morgan fingerprint density at radius 1 is 1.39 bits per heavy atom. The first-order chi connectivity index (χ1) is 11.2. The first-order valence-corrected chi connectivity index (χ1v) is 8.07. The average molecular weight is 319 g/mol. The lowest BCUT2D eigenvalue weighted by atomic mass is 10.0. The molecule has 4 N–H and O–H groups in total. The molecule has 1 aliphatic rings. The number of nitrogens with two attached hydrogens (primary N) is 1. The molecule has 0 radical (unpaired) electrons. The molecule has 3 rings (SSSR count). The molecule has 0 amide bonds. The van der Waals surface area contributed by atoms with Crippen LogP contribution in [0.1, 0.15) is 19.4 Å². The summed E-state index contributed by atoms with van der Waals surface area (Å²) in [5, 5.41) is 10.1. The lowest BCUT2D eigenvalue weighted by Gasteiger charge is -2.29. The van der Waals surface area contributed by atoms with Crippen molar-refractivity contribution in [3.8, 4) is 0 Å². The Morgan fingerprint density at radius 3 is 2.74 bits per heavy atom. The quantitative estimate of drug-likeness (QED) is 0.801. The van der Waals surface area contributed by atoms with E-state index in [1.807, 2.05) is 32.2 Å². The Bertz CT molecular complexity index is 648. The number of morpholine rings is 1. The van der Waals surface area contributed by atoms with E-state index in [1.54, 1.807) is 0 Å². The van der Waals surface area contributed by atoms with E-state index < -0.39 is 12.0 Å². The lowest BCUT2D eigenvalue weighted by molar-refractivity contribution is -0.138. The van der Waals surface area contributed by atoms with Crippen molar-refractivity contribution in [3.05, 3.63) is 30.0 Å². The van der Waals surface area contributed by atoms with Crippen LogP contribution in [0.5, 0.6) is 0 Å². The number of fused-ring (bicyclic) bond motifs is 1. The Labute approximate surface area is 136 Å². The maximum Gasteiger partial charge on any atom is 0.320 e. The number of H-pyrrole nitrogens is 1. The number of aromatic amines is 1. The third-order valence-electron chi connectivity index (χ3n) is 3.87. The monoisotopic (exact) mass is 319 g/mol. The highest BCUT2D eigenvalue weighted by atomic mass is 16.5. The van der Waals surface area contributed by atoms with Gasteiger partial charge in [0.15, 0.2) is 0 Å². The summed E-state index contributed by atoms with van der Waals surface area (Å²) in [5.74, 6) is -0.979. The summed E-state index contributed by atoms with van der Waals surface area (Å²) in [6.07, 6.45) is 2.17. The summed E-state index contributed by atoms with van der Waals surface area (Å²) in [6, 6.07) is 5.18. The minimum Gasteiger partial charge on any atom is -0.480 e. The second kappa shape index (κ2) is 7.99. The largest absolute Gasteiger partial charge is 0.480 e. The number of carboxylic acid groups (broad SMARTS) is 1. The second-order valence-electron chi connectivity index (χ2n) is 5.26. The molecule has 2 heterocycles. The van der Waals surface area contributed by atoms with Crippen LogP contribution < -0.4 is 10.6 Å². The molecule has 1 aromatic heterocycles. The number of hydrogen-bond donors (Lipinski definition) is 3. The van der Waals surface area contributed by atoms with Crippen molar-refractivity contribution >= 4 is 22.6 Å². The highest BCUT2D eigenvalue weighted by Gasteiger charge is 2.19. The molecular weight excluding hydrogens is 294 g/mol. The van der Waals surface area contributed by atoms with E-state index in [9.17, 15) is 4.79 Å². The number of carbonyl (C=O) groups is 1. The first-order valence-electron chi connectivity index (χ1n) is 8.07. The molecule has 0 aliphatic carbocycles. The predicted octanol–water partition coefficient (Wildman–Crippen LogP) is 1.99. The van der Waals surface area contributed by atoms with Gasteiger partial charge in [0.1, 0.15) is 6.04 Å². The van der Waals surface area contributed by atoms with Crippen LogP contribution in [0.25, 0.3) is 10.9 Å². The number of hydrogen-bond acceptors (Lipinski definition) is 4. The fraction of sp³-hybridized carbons (Fsp3) is 0.471. The summed E-state index contributed by atoms with van der Waals surface area (Å²) in [4.78, 5) is 16.5. The highest BCUT2D eigenvalue weighted by Crippen LogP contribution is 2.31. The topological polar surface area (TPSA) is 91.6 Å². The standard InChI is InChI=1S/C15H19N3O3.C2H6/c16-11(15(19)20)8-10-9-17-12-2-1-3-13(14(10)12)18-4-6-21-7-5-18;1-2/h1-3,9,11,17H,4-8,16H2,(H,19,20);1-2H3. The molecule has 1 aromatic carbocycles. The number of nitrogens with zero attached hydrogens (tertiary/aromatic N) is 1. The summed E-state index contributed by atoms with van der Waals surface area (Å²) in [6.45, 7) is 7.11. The summed E-state index contributed by atoms with van der Waals surface area (Å²) in [5.41, 5.74) is 8.75.